The van der Waals surface area contributed by atoms with E-state index in [1.54, 1.807) is 6.07 Å². The van der Waals surface area contributed by atoms with Crippen molar-refractivity contribution in [2.24, 2.45) is 5.73 Å². The fraction of sp³-hybridized carbons (Fsp3) is 0.333. The van der Waals surface area contributed by atoms with Crippen LogP contribution in [0.1, 0.15) is 17.2 Å². The van der Waals surface area contributed by atoms with Gasteiger partial charge in [-0.25, -0.2) is 0 Å². The average Bonchev–Trinajstić information content (AvgIpc) is 2.03. The van der Waals surface area contributed by atoms with Crippen molar-refractivity contribution in [2.45, 2.75) is 13.0 Å². The molecule has 1 aromatic rings. The fourth-order valence-electron chi connectivity index (χ4n) is 1.21. The lowest BCUT2D eigenvalue weighted by atomic mass is 10.0. The van der Waals surface area contributed by atoms with Crippen LogP contribution in [0.4, 0.5) is 0 Å². The highest BCUT2D eigenvalue weighted by molar-refractivity contribution is 6.31. The Morgan fingerprint density at radius 1 is 1.58 bits per heavy atom. The summed E-state index contributed by atoms with van der Waals surface area (Å²) in [5.74, 6) is 0. The highest BCUT2D eigenvalue weighted by Gasteiger charge is 2.10. The summed E-state index contributed by atoms with van der Waals surface area (Å²) in [4.78, 5) is 0. The van der Waals surface area contributed by atoms with Crippen LogP contribution >= 0.6 is 11.6 Å². The third-order valence-corrected chi connectivity index (χ3v) is 2.17. The van der Waals surface area contributed by atoms with Crippen molar-refractivity contribution < 1.29 is 5.11 Å². The Bertz CT molecular complexity index is 255. The van der Waals surface area contributed by atoms with Gasteiger partial charge in [0.05, 0.1) is 12.6 Å². The number of hydrogen-bond donors (Lipinski definition) is 2. The number of rotatable bonds is 2. The van der Waals surface area contributed by atoms with Gasteiger partial charge in [-0.15, -0.1) is 0 Å². The highest BCUT2D eigenvalue weighted by Crippen LogP contribution is 2.24. The van der Waals surface area contributed by atoms with Gasteiger partial charge in [0.2, 0.25) is 0 Å². The molecule has 0 unspecified atom stereocenters. The van der Waals surface area contributed by atoms with Crippen LogP contribution in [-0.2, 0) is 0 Å². The molecule has 2 nitrogen and oxygen atoms in total. The third-order valence-electron chi connectivity index (χ3n) is 1.84. The number of hydrogen-bond acceptors (Lipinski definition) is 2. The molecule has 0 radical (unpaired) electrons. The molecule has 12 heavy (non-hydrogen) atoms. The summed E-state index contributed by atoms with van der Waals surface area (Å²) in [7, 11) is 0. The zero-order chi connectivity index (χ0) is 9.14. The second kappa shape index (κ2) is 3.90. The van der Waals surface area contributed by atoms with E-state index >= 15 is 0 Å². The lowest BCUT2D eigenvalue weighted by Gasteiger charge is -2.13. The molecule has 3 N–H and O–H groups in total. The largest absolute Gasteiger partial charge is 0.394 e. The van der Waals surface area contributed by atoms with Crippen LogP contribution in [-0.4, -0.2) is 11.7 Å². The molecule has 0 heterocycles. The molecule has 0 aliphatic rings. The van der Waals surface area contributed by atoms with Crippen LogP contribution in [0.2, 0.25) is 5.02 Å². The van der Waals surface area contributed by atoms with Crippen molar-refractivity contribution in [3.8, 4) is 0 Å². The zero-order valence-electron chi connectivity index (χ0n) is 6.92. The van der Waals surface area contributed by atoms with E-state index in [1.165, 1.54) is 0 Å². The van der Waals surface area contributed by atoms with Gasteiger partial charge in [-0.2, -0.15) is 0 Å². The van der Waals surface area contributed by atoms with Crippen LogP contribution in [0.3, 0.4) is 0 Å². The van der Waals surface area contributed by atoms with E-state index < -0.39 is 0 Å². The van der Waals surface area contributed by atoms with Crippen molar-refractivity contribution in [1.29, 1.82) is 0 Å². The fourth-order valence-corrected chi connectivity index (χ4v) is 1.57. The smallest absolute Gasteiger partial charge is 0.0625 e. The van der Waals surface area contributed by atoms with Gasteiger partial charge >= 0.3 is 0 Å². The number of aliphatic hydroxyl groups is 1. The average molecular weight is 186 g/mol. The molecule has 0 saturated heterocycles. The molecule has 0 amide bonds. The summed E-state index contributed by atoms with van der Waals surface area (Å²) in [6.07, 6.45) is 0. The van der Waals surface area contributed by atoms with Gasteiger partial charge in [-0.05, 0) is 24.1 Å². The van der Waals surface area contributed by atoms with Gasteiger partial charge in [0.15, 0.2) is 0 Å². The number of halogens is 1. The molecule has 1 atom stereocenters. The first-order chi connectivity index (χ1) is 5.66. The maximum Gasteiger partial charge on any atom is 0.0625 e. The predicted octanol–water partition coefficient (Wildman–Crippen LogP) is 1.64. The summed E-state index contributed by atoms with van der Waals surface area (Å²) in [5, 5.41) is 9.48. The lowest BCUT2D eigenvalue weighted by Crippen LogP contribution is -2.16. The lowest BCUT2D eigenvalue weighted by molar-refractivity contribution is 0.267. The number of aliphatic hydroxyl groups excluding tert-OH is 1. The Hall–Kier alpha value is -0.570. The normalized spacial score (nSPS) is 13.0. The van der Waals surface area contributed by atoms with Crippen LogP contribution < -0.4 is 5.73 Å². The molecular formula is C9H12ClNO. The maximum absolute atomic E-state index is 8.85. The van der Waals surface area contributed by atoms with Crippen LogP contribution in [0, 0.1) is 6.92 Å². The number of benzene rings is 1. The Balaban J connectivity index is 3.12. The molecule has 0 bridgehead atoms. The van der Waals surface area contributed by atoms with E-state index in [1.807, 2.05) is 19.1 Å². The standard InChI is InChI=1S/C9H12ClNO/c1-6-3-2-4-7(10)9(6)8(11)5-12/h2-4,8,12H,5,11H2,1H3/t8-/m1/s1. The highest BCUT2D eigenvalue weighted by atomic mass is 35.5. The monoisotopic (exact) mass is 185 g/mol. The second-order valence-electron chi connectivity index (χ2n) is 2.76. The first-order valence-electron chi connectivity index (χ1n) is 3.78. The maximum atomic E-state index is 8.85. The van der Waals surface area contributed by atoms with Crippen LogP contribution in [0.5, 0.6) is 0 Å². The van der Waals surface area contributed by atoms with Crippen molar-refractivity contribution in [3.05, 3.63) is 34.3 Å². The van der Waals surface area contributed by atoms with E-state index in [2.05, 4.69) is 0 Å². The molecule has 3 heteroatoms. The molecule has 0 spiro atoms. The molecule has 1 aromatic carbocycles. The molecule has 0 aromatic heterocycles. The third kappa shape index (κ3) is 1.78. The summed E-state index contributed by atoms with van der Waals surface area (Å²) in [6.45, 7) is 1.85. The Morgan fingerprint density at radius 3 is 2.75 bits per heavy atom. The van der Waals surface area contributed by atoms with E-state index in [0.717, 1.165) is 11.1 Å². The van der Waals surface area contributed by atoms with E-state index in [-0.39, 0.29) is 12.6 Å². The zero-order valence-corrected chi connectivity index (χ0v) is 7.67. The first-order valence-corrected chi connectivity index (χ1v) is 4.16. The quantitative estimate of drug-likeness (QED) is 0.736. The Kier molecular flexibility index (Phi) is 3.09. The molecule has 0 aliphatic heterocycles. The topological polar surface area (TPSA) is 46.2 Å². The van der Waals surface area contributed by atoms with Gasteiger partial charge in [-0.1, -0.05) is 23.7 Å². The minimum atomic E-state index is -0.376. The Morgan fingerprint density at radius 2 is 2.25 bits per heavy atom. The molecular weight excluding hydrogens is 174 g/mol. The number of nitrogens with two attached hydrogens (primary N) is 1. The predicted molar refractivity (Wildman–Crippen MR) is 50.2 cm³/mol. The van der Waals surface area contributed by atoms with E-state index in [0.29, 0.717) is 5.02 Å². The number of aryl methyl sites for hydroxylation is 1. The molecule has 1 rings (SSSR count). The minimum Gasteiger partial charge on any atom is -0.394 e. The molecule has 0 saturated carbocycles. The Labute approximate surface area is 77.0 Å². The van der Waals surface area contributed by atoms with Crippen molar-refractivity contribution in [2.75, 3.05) is 6.61 Å². The van der Waals surface area contributed by atoms with Crippen molar-refractivity contribution in [1.82, 2.24) is 0 Å². The van der Waals surface area contributed by atoms with Gasteiger partial charge in [0.25, 0.3) is 0 Å². The van der Waals surface area contributed by atoms with E-state index in [9.17, 15) is 0 Å². The van der Waals surface area contributed by atoms with Crippen molar-refractivity contribution >= 4 is 11.6 Å². The van der Waals surface area contributed by atoms with Gasteiger partial charge in [-0.3, -0.25) is 0 Å². The summed E-state index contributed by atoms with van der Waals surface area (Å²) < 4.78 is 0. The van der Waals surface area contributed by atoms with Gasteiger partial charge in [0.1, 0.15) is 0 Å². The summed E-state index contributed by atoms with van der Waals surface area (Å²) in [5.41, 5.74) is 7.51. The summed E-state index contributed by atoms with van der Waals surface area (Å²) >= 11 is 5.91. The van der Waals surface area contributed by atoms with Crippen LogP contribution in [0.15, 0.2) is 18.2 Å². The van der Waals surface area contributed by atoms with E-state index in [4.69, 9.17) is 22.4 Å². The van der Waals surface area contributed by atoms with Crippen LogP contribution in [0.25, 0.3) is 0 Å². The second-order valence-corrected chi connectivity index (χ2v) is 3.17. The SMILES string of the molecule is Cc1cccc(Cl)c1[C@H](N)CO. The van der Waals surface area contributed by atoms with Crippen molar-refractivity contribution in [3.63, 3.8) is 0 Å². The first kappa shape index (κ1) is 9.52. The van der Waals surface area contributed by atoms with Gasteiger partial charge < -0.3 is 10.8 Å². The van der Waals surface area contributed by atoms with Gasteiger partial charge in [0, 0.05) is 5.02 Å². The minimum absolute atomic E-state index is 0.0788. The molecule has 0 aliphatic carbocycles. The molecule has 0 fully saturated rings. The summed E-state index contributed by atoms with van der Waals surface area (Å²) in [6, 6.07) is 5.19. The molecule has 66 valence electrons.